The van der Waals surface area contributed by atoms with Crippen LogP contribution in [-0.4, -0.2) is 89.7 Å². The molecule has 0 spiro atoms. The number of fused-ring (bicyclic) bond motifs is 2. The van der Waals surface area contributed by atoms with Gasteiger partial charge in [0.25, 0.3) is 0 Å². The summed E-state index contributed by atoms with van der Waals surface area (Å²) in [4.78, 5) is 4.44. The summed E-state index contributed by atoms with van der Waals surface area (Å²) in [5.41, 5.74) is 2.31. The predicted molar refractivity (Wildman–Crippen MR) is 110 cm³/mol. The van der Waals surface area contributed by atoms with Crippen molar-refractivity contribution in [1.82, 2.24) is 9.80 Å². The summed E-state index contributed by atoms with van der Waals surface area (Å²) < 4.78 is 24.1. The van der Waals surface area contributed by atoms with E-state index in [1.165, 1.54) is 0 Å². The van der Waals surface area contributed by atoms with Crippen molar-refractivity contribution in [2.75, 3.05) is 79.9 Å². The fourth-order valence-electron chi connectivity index (χ4n) is 2.65. The van der Waals surface area contributed by atoms with Gasteiger partial charge in [0.05, 0.1) is 52.9 Å². The Morgan fingerprint density at radius 1 is 0.667 bits per heavy atom. The van der Waals surface area contributed by atoms with Crippen LogP contribution in [0, 0.1) is 0 Å². The molecule has 0 radical (unpaired) electrons. The lowest BCUT2D eigenvalue weighted by molar-refractivity contribution is 0.0286. The highest BCUT2D eigenvalue weighted by Gasteiger charge is 2.07. The van der Waals surface area contributed by atoms with Crippen molar-refractivity contribution in [1.29, 1.82) is 0 Å². The molecule has 0 aromatic heterocycles. The Morgan fingerprint density at radius 3 is 1.52 bits per heavy atom. The lowest BCUT2D eigenvalue weighted by Gasteiger charge is -2.17. The van der Waals surface area contributed by atoms with Gasteiger partial charge in [-0.2, -0.15) is 0 Å². The van der Waals surface area contributed by atoms with E-state index < -0.39 is 0 Å². The maximum Gasteiger partial charge on any atom is 0.0728 e. The molecule has 1 aromatic rings. The zero-order valence-electron chi connectivity index (χ0n) is 16.6. The van der Waals surface area contributed by atoms with Gasteiger partial charge in [-0.1, -0.05) is 34.1 Å². The van der Waals surface area contributed by atoms with Crippen LogP contribution < -0.4 is 0 Å². The molecule has 0 aliphatic carbocycles. The van der Waals surface area contributed by atoms with Crippen molar-refractivity contribution in [3.8, 4) is 0 Å². The molecule has 0 unspecified atom stereocenters. The molecule has 1 heterocycles. The third kappa shape index (κ3) is 9.47. The summed E-state index contributed by atoms with van der Waals surface area (Å²) in [6.07, 6.45) is 0. The summed E-state index contributed by atoms with van der Waals surface area (Å²) in [5.74, 6) is 0. The van der Waals surface area contributed by atoms with Crippen molar-refractivity contribution in [2.45, 2.75) is 13.2 Å². The van der Waals surface area contributed by atoms with Crippen molar-refractivity contribution in [3.05, 3.63) is 33.8 Å². The normalized spacial score (nSPS) is 21.4. The number of rotatable bonds is 0. The van der Waals surface area contributed by atoms with Gasteiger partial charge in [0.2, 0.25) is 0 Å². The minimum absolute atomic E-state index is 0.596. The number of hydrogen-bond acceptors (Lipinski definition) is 6. The quantitative estimate of drug-likeness (QED) is 0.611. The summed E-state index contributed by atoms with van der Waals surface area (Å²) in [5, 5.41) is 0. The monoisotopic (exact) mass is 444 g/mol. The van der Waals surface area contributed by atoms with Crippen LogP contribution in [0.15, 0.2) is 22.7 Å². The number of benzene rings is 1. The highest BCUT2D eigenvalue weighted by atomic mass is 79.9. The van der Waals surface area contributed by atoms with Crippen LogP contribution >= 0.6 is 15.9 Å². The van der Waals surface area contributed by atoms with E-state index in [1.54, 1.807) is 0 Å². The Kier molecular flexibility index (Phi) is 11.5. The van der Waals surface area contributed by atoms with Crippen molar-refractivity contribution in [3.63, 3.8) is 0 Å². The van der Waals surface area contributed by atoms with Crippen LogP contribution in [0.2, 0.25) is 0 Å². The SMILES string of the molecule is CN1CCOCCOCCN(C)CCOCc2cccc(c2Br)COCC1. The van der Waals surface area contributed by atoms with E-state index in [4.69, 9.17) is 18.9 Å². The van der Waals surface area contributed by atoms with E-state index in [0.29, 0.717) is 52.9 Å². The van der Waals surface area contributed by atoms with Crippen LogP contribution in [0.3, 0.4) is 0 Å². The molecule has 1 aromatic carbocycles. The summed E-state index contributed by atoms with van der Waals surface area (Å²) in [6.45, 7) is 8.83. The van der Waals surface area contributed by atoms with Crippen molar-refractivity contribution < 1.29 is 18.9 Å². The molecule has 0 amide bonds. The number of halogens is 1. The summed E-state index contributed by atoms with van der Waals surface area (Å²) in [7, 11) is 4.17. The van der Waals surface area contributed by atoms with E-state index >= 15 is 0 Å². The standard InChI is InChI=1S/C20H33BrN2O4/c1-22-6-10-24-14-15-25-11-7-23(2)9-13-27-17-19-5-3-4-18(20(19)21)16-26-12-8-22/h3-5H,6-17H2,1-2H3. The molecule has 27 heavy (non-hydrogen) atoms. The first-order chi connectivity index (χ1) is 13.2. The van der Waals surface area contributed by atoms with E-state index in [2.05, 4.69) is 58.0 Å². The van der Waals surface area contributed by atoms with Crippen LogP contribution in [0.25, 0.3) is 0 Å². The zero-order chi connectivity index (χ0) is 19.3. The van der Waals surface area contributed by atoms with Gasteiger partial charge in [-0.15, -0.1) is 0 Å². The van der Waals surface area contributed by atoms with Gasteiger partial charge in [0.1, 0.15) is 0 Å². The van der Waals surface area contributed by atoms with Crippen molar-refractivity contribution in [2.24, 2.45) is 0 Å². The van der Waals surface area contributed by atoms with Gasteiger partial charge < -0.3 is 28.7 Å². The smallest absolute Gasteiger partial charge is 0.0728 e. The first-order valence-corrected chi connectivity index (χ1v) is 10.4. The van der Waals surface area contributed by atoms with E-state index in [0.717, 1.165) is 41.8 Å². The van der Waals surface area contributed by atoms with Crippen LogP contribution in [0.1, 0.15) is 11.1 Å². The van der Waals surface area contributed by atoms with Crippen LogP contribution in [-0.2, 0) is 32.2 Å². The minimum atomic E-state index is 0.596. The van der Waals surface area contributed by atoms with Gasteiger partial charge in [-0.05, 0) is 25.2 Å². The molecule has 7 heteroatoms. The second-order valence-electron chi connectivity index (χ2n) is 6.83. The van der Waals surface area contributed by atoms with Gasteiger partial charge >= 0.3 is 0 Å². The molecule has 1 aliphatic rings. The van der Waals surface area contributed by atoms with Gasteiger partial charge in [-0.3, -0.25) is 0 Å². The fraction of sp³-hybridized carbons (Fsp3) is 0.700. The van der Waals surface area contributed by atoms with Gasteiger partial charge in [0, 0.05) is 30.7 Å². The van der Waals surface area contributed by atoms with E-state index in [-0.39, 0.29) is 0 Å². The van der Waals surface area contributed by atoms with Crippen LogP contribution in [0.4, 0.5) is 0 Å². The molecule has 1 aliphatic heterocycles. The molecule has 0 fully saturated rings. The summed E-state index contributed by atoms with van der Waals surface area (Å²) in [6, 6.07) is 6.24. The second-order valence-corrected chi connectivity index (χ2v) is 7.62. The van der Waals surface area contributed by atoms with Crippen molar-refractivity contribution >= 4 is 15.9 Å². The molecule has 0 saturated carbocycles. The maximum atomic E-state index is 5.86. The van der Waals surface area contributed by atoms with Crippen LogP contribution in [0.5, 0.6) is 0 Å². The fourth-order valence-corrected chi connectivity index (χ4v) is 3.14. The van der Waals surface area contributed by atoms with E-state index in [1.807, 2.05) is 0 Å². The topological polar surface area (TPSA) is 43.4 Å². The maximum absolute atomic E-state index is 5.86. The Hall–Kier alpha value is -0.540. The Labute approximate surface area is 171 Å². The van der Waals surface area contributed by atoms with Gasteiger partial charge in [-0.25, -0.2) is 0 Å². The predicted octanol–water partition coefficient (Wildman–Crippen LogP) is 2.39. The lowest BCUT2D eigenvalue weighted by Crippen LogP contribution is -2.28. The number of likely N-dealkylation sites (N-methyl/N-ethyl adjacent to an activating group) is 2. The first kappa shape index (κ1) is 22.7. The third-order valence-electron chi connectivity index (χ3n) is 4.52. The molecule has 0 N–H and O–H groups in total. The highest BCUT2D eigenvalue weighted by Crippen LogP contribution is 2.23. The Balaban J connectivity index is 1.87. The molecular formula is C20H33BrN2O4. The van der Waals surface area contributed by atoms with Gasteiger partial charge in [0.15, 0.2) is 0 Å². The molecule has 2 rings (SSSR count). The molecule has 154 valence electrons. The highest BCUT2D eigenvalue weighted by molar-refractivity contribution is 9.10. The molecule has 2 bridgehead atoms. The lowest BCUT2D eigenvalue weighted by atomic mass is 10.1. The molecule has 0 atom stereocenters. The minimum Gasteiger partial charge on any atom is -0.378 e. The third-order valence-corrected chi connectivity index (χ3v) is 5.53. The number of hydrogen-bond donors (Lipinski definition) is 0. The Morgan fingerprint density at radius 2 is 1.07 bits per heavy atom. The largest absolute Gasteiger partial charge is 0.378 e. The molecular weight excluding hydrogens is 412 g/mol. The average Bonchev–Trinajstić information content (AvgIpc) is 2.66. The second kappa shape index (κ2) is 13.6. The molecule has 0 saturated heterocycles. The summed E-state index contributed by atoms with van der Waals surface area (Å²) >= 11 is 3.70. The molecule has 6 nitrogen and oxygen atoms in total. The Bertz CT molecular complexity index is 490. The number of nitrogens with zero attached hydrogens (tertiary/aromatic N) is 2. The zero-order valence-corrected chi connectivity index (χ0v) is 18.2. The van der Waals surface area contributed by atoms with E-state index in [9.17, 15) is 0 Å². The first-order valence-electron chi connectivity index (χ1n) is 9.61. The number of ether oxygens (including phenoxy) is 4. The average molecular weight is 445 g/mol.